The van der Waals surface area contributed by atoms with Crippen LogP contribution in [0.15, 0.2) is 30.3 Å². The number of hydrogen-bond donors (Lipinski definition) is 1. The zero-order valence-electron chi connectivity index (χ0n) is 6.99. The summed E-state index contributed by atoms with van der Waals surface area (Å²) < 4.78 is 4.59. The zero-order chi connectivity index (χ0) is 9.52. The molecule has 0 fully saturated rings. The third kappa shape index (κ3) is 2.97. The van der Waals surface area contributed by atoms with Gasteiger partial charge in [-0.1, -0.05) is 18.2 Å². The summed E-state index contributed by atoms with van der Waals surface area (Å²) in [5.74, 6) is 1.98. The molecule has 66 valence electrons. The number of carbonyl (C=O) groups is 1. The summed E-state index contributed by atoms with van der Waals surface area (Å²) in [7, 11) is 0. The van der Waals surface area contributed by atoms with E-state index in [1.165, 1.54) is 0 Å². The molecule has 3 heteroatoms. The molecule has 0 aliphatic carbocycles. The molecule has 3 nitrogen and oxygen atoms in total. The Morgan fingerprint density at radius 2 is 2.08 bits per heavy atom. The summed E-state index contributed by atoms with van der Waals surface area (Å²) >= 11 is 0. The molecule has 0 saturated heterocycles. The molecule has 0 unspecified atom stereocenters. The average molecular weight is 175 g/mol. The third-order valence-corrected chi connectivity index (χ3v) is 1.33. The van der Waals surface area contributed by atoms with E-state index in [2.05, 4.69) is 16.8 Å². The van der Waals surface area contributed by atoms with Crippen LogP contribution in [0, 0.1) is 12.0 Å². The van der Waals surface area contributed by atoms with Crippen LogP contribution < -0.4 is 5.73 Å². The van der Waals surface area contributed by atoms with Gasteiger partial charge in [0.25, 0.3) is 0 Å². The van der Waals surface area contributed by atoms with Crippen molar-refractivity contribution in [3.63, 3.8) is 0 Å². The van der Waals surface area contributed by atoms with E-state index >= 15 is 0 Å². The lowest BCUT2D eigenvalue weighted by Crippen LogP contribution is -2.01. The van der Waals surface area contributed by atoms with Crippen molar-refractivity contribution in [2.45, 2.75) is 0 Å². The Hall–Kier alpha value is -1.79. The van der Waals surface area contributed by atoms with E-state index < -0.39 is 5.97 Å². The van der Waals surface area contributed by atoms with E-state index in [0.717, 1.165) is 0 Å². The molecule has 0 saturated carbocycles. The quantitative estimate of drug-likeness (QED) is 0.506. The van der Waals surface area contributed by atoms with Crippen molar-refractivity contribution < 1.29 is 9.53 Å². The minimum Gasteiger partial charge on any atom is -0.368 e. The van der Waals surface area contributed by atoms with Gasteiger partial charge in [0, 0.05) is 0 Å². The molecule has 0 spiro atoms. The zero-order valence-corrected chi connectivity index (χ0v) is 6.99. The maximum absolute atomic E-state index is 11.2. The molecule has 0 aromatic heterocycles. The van der Waals surface area contributed by atoms with Gasteiger partial charge in [0.2, 0.25) is 0 Å². The Morgan fingerprint density at radius 1 is 1.38 bits per heavy atom. The highest BCUT2D eigenvalue weighted by Gasteiger charge is 2.02. The van der Waals surface area contributed by atoms with E-state index in [0.29, 0.717) is 5.56 Å². The molecule has 0 aliphatic heterocycles. The second kappa shape index (κ2) is 4.96. The van der Waals surface area contributed by atoms with Gasteiger partial charge in [0.15, 0.2) is 0 Å². The maximum Gasteiger partial charge on any atom is 0.352 e. The monoisotopic (exact) mass is 175 g/mol. The smallest absolute Gasteiger partial charge is 0.352 e. The summed E-state index contributed by atoms with van der Waals surface area (Å²) in [5, 5.41) is 0. The number of ether oxygens (including phenoxy) is 1. The molecule has 0 amide bonds. The van der Waals surface area contributed by atoms with Gasteiger partial charge >= 0.3 is 5.97 Å². The molecule has 0 bridgehead atoms. The predicted octanol–water partition coefficient (Wildman–Crippen LogP) is 0.763. The van der Waals surface area contributed by atoms with Gasteiger partial charge < -0.3 is 10.5 Å². The first kappa shape index (κ1) is 9.30. The van der Waals surface area contributed by atoms with Crippen molar-refractivity contribution in [2.24, 2.45) is 5.73 Å². The molecule has 0 aliphatic rings. The van der Waals surface area contributed by atoms with Crippen LogP contribution in [0.4, 0.5) is 0 Å². The van der Waals surface area contributed by atoms with Crippen LogP contribution in [0.3, 0.4) is 0 Å². The first-order valence-electron chi connectivity index (χ1n) is 3.78. The number of nitrogens with two attached hydrogens (primary N) is 1. The van der Waals surface area contributed by atoms with Gasteiger partial charge in [-0.25, -0.2) is 4.79 Å². The Balaban J connectivity index is 2.60. The van der Waals surface area contributed by atoms with Crippen LogP contribution >= 0.6 is 0 Å². The summed E-state index contributed by atoms with van der Waals surface area (Å²) in [5.41, 5.74) is 5.57. The molecule has 2 N–H and O–H groups in total. The van der Waals surface area contributed by atoms with E-state index in [-0.39, 0.29) is 6.54 Å². The van der Waals surface area contributed by atoms with Gasteiger partial charge in [-0.15, -0.1) is 0 Å². The van der Waals surface area contributed by atoms with E-state index in [9.17, 15) is 4.79 Å². The summed E-state index contributed by atoms with van der Waals surface area (Å²) in [4.78, 5) is 11.2. The number of hydrogen-bond acceptors (Lipinski definition) is 3. The molecular formula is C10H9NO2. The van der Waals surface area contributed by atoms with Gasteiger partial charge in [-0.2, -0.15) is 0 Å². The SMILES string of the molecule is NCC#COC(=O)c1ccccc1. The fourth-order valence-electron chi connectivity index (χ4n) is 0.757. The first-order valence-corrected chi connectivity index (χ1v) is 3.78. The van der Waals surface area contributed by atoms with Crippen LogP contribution in [0.1, 0.15) is 10.4 Å². The fourth-order valence-corrected chi connectivity index (χ4v) is 0.757. The van der Waals surface area contributed by atoms with Crippen molar-refractivity contribution >= 4 is 5.97 Å². The molecule has 0 atom stereocenters. The lowest BCUT2D eigenvalue weighted by molar-refractivity contribution is 0.0690. The topological polar surface area (TPSA) is 52.3 Å². The van der Waals surface area contributed by atoms with Gasteiger partial charge in [-0.3, -0.25) is 0 Å². The van der Waals surface area contributed by atoms with Crippen LogP contribution in [-0.2, 0) is 4.74 Å². The minimum absolute atomic E-state index is 0.183. The van der Waals surface area contributed by atoms with Crippen molar-refractivity contribution in [1.82, 2.24) is 0 Å². The molecule has 1 aromatic rings. The molecular weight excluding hydrogens is 166 g/mol. The van der Waals surface area contributed by atoms with Crippen molar-refractivity contribution in [3.8, 4) is 12.0 Å². The van der Waals surface area contributed by atoms with Gasteiger partial charge in [-0.05, 0) is 18.1 Å². The number of esters is 1. The molecule has 0 heterocycles. The summed E-state index contributed by atoms with van der Waals surface area (Å²) in [6.07, 6.45) is 2.21. The van der Waals surface area contributed by atoms with Crippen LogP contribution in [0.25, 0.3) is 0 Å². The molecule has 1 rings (SSSR count). The highest BCUT2D eigenvalue weighted by atomic mass is 16.5. The minimum atomic E-state index is -0.457. The van der Waals surface area contributed by atoms with E-state index in [1.807, 2.05) is 6.07 Å². The fraction of sp³-hybridized carbons (Fsp3) is 0.100. The first-order chi connectivity index (χ1) is 6.34. The average Bonchev–Trinajstić information content (AvgIpc) is 2.19. The number of carbonyl (C=O) groups excluding carboxylic acids is 1. The predicted molar refractivity (Wildman–Crippen MR) is 48.7 cm³/mol. The Morgan fingerprint density at radius 3 is 2.69 bits per heavy atom. The number of rotatable bonds is 1. The maximum atomic E-state index is 11.2. The number of benzene rings is 1. The highest BCUT2D eigenvalue weighted by molar-refractivity contribution is 5.89. The van der Waals surface area contributed by atoms with Gasteiger partial charge in [0.05, 0.1) is 12.1 Å². The highest BCUT2D eigenvalue weighted by Crippen LogP contribution is 1.99. The van der Waals surface area contributed by atoms with Crippen molar-refractivity contribution in [1.29, 1.82) is 0 Å². The second-order valence-corrected chi connectivity index (χ2v) is 2.24. The van der Waals surface area contributed by atoms with Gasteiger partial charge in [0.1, 0.15) is 6.11 Å². The summed E-state index contributed by atoms with van der Waals surface area (Å²) in [6.45, 7) is 0.183. The lowest BCUT2D eigenvalue weighted by atomic mass is 10.2. The molecule has 1 aromatic carbocycles. The standard InChI is InChI=1S/C10H9NO2/c11-7-4-8-13-10(12)9-5-2-1-3-6-9/h1-3,5-6H,7,11H2. The van der Waals surface area contributed by atoms with Crippen LogP contribution in [-0.4, -0.2) is 12.5 Å². The molecule has 13 heavy (non-hydrogen) atoms. The normalized spacial score (nSPS) is 8.38. The van der Waals surface area contributed by atoms with E-state index in [1.54, 1.807) is 24.3 Å². The molecule has 0 radical (unpaired) electrons. The van der Waals surface area contributed by atoms with Crippen molar-refractivity contribution in [3.05, 3.63) is 35.9 Å². The Kier molecular flexibility index (Phi) is 3.55. The van der Waals surface area contributed by atoms with Crippen LogP contribution in [0.2, 0.25) is 0 Å². The second-order valence-electron chi connectivity index (χ2n) is 2.24. The van der Waals surface area contributed by atoms with Crippen molar-refractivity contribution in [2.75, 3.05) is 6.54 Å². The lowest BCUT2D eigenvalue weighted by Gasteiger charge is -1.94. The summed E-state index contributed by atoms with van der Waals surface area (Å²) in [6, 6.07) is 8.65. The Labute approximate surface area is 76.5 Å². The Bertz CT molecular complexity index is 335. The third-order valence-electron chi connectivity index (χ3n) is 1.33. The largest absolute Gasteiger partial charge is 0.368 e. The van der Waals surface area contributed by atoms with Crippen LogP contribution in [0.5, 0.6) is 0 Å². The van der Waals surface area contributed by atoms with E-state index in [4.69, 9.17) is 5.73 Å².